The van der Waals surface area contributed by atoms with Crippen molar-refractivity contribution in [2.75, 3.05) is 0 Å². The lowest BCUT2D eigenvalue weighted by atomic mass is 9.75. The van der Waals surface area contributed by atoms with E-state index < -0.39 is 0 Å². The molecule has 1 heterocycles. The van der Waals surface area contributed by atoms with Crippen molar-refractivity contribution < 1.29 is 0 Å². The fourth-order valence-electron chi connectivity index (χ4n) is 3.18. The molecule has 0 saturated heterocycles. The Morgan fingerprint density at radius 1 is 1.19 bits per heavy atom. The molecule has 0 unspecified atom stereocenters. The molecule has 3 nitrogen and oxygen atoms in total. The average molecular weight is 282 g/mol. The number of nitrogens with zero attached hydrogens (tertiary/aromatic N) is 1. The maximum Gasteiger partial charge on any atom is 0.251 e. The molecular formula is C18H22N2O. The van der Waals surface area contributed by atoms with Crippen molar-refractivity contribution in [3.05, 3.63) is 63.8 Å². The van der Waals surface area contributed by atoms with E-state index in [1.54, 1.807) is 6.07 Å². The highest BCUT2D eigenvalue weighted by Gasteiger charge is 2.35. The largest absolute Gasteiger partial charge is 0.310 e. The van der Waals surface area contributed by atoms with Crippen molar-refractivity contribution in [2.45, 2.75) is 50.9 Å². The second-order valence-electron chi connectivity index (χ2n) is 5.95. The van der Waals surface area contributed by atoms with E-state index in [2.05, 4.69) is 43.1 Å². The number of hydrogen-bond donors (Lipinski definition) is 1. The predicted molar refractivity (Wildman–Crippen MR) is 84.6 cm³/mol. The molecule has 1 aliphatic rings. The SMILES string of the molecule is CCC(CC)(c1ccccc1)c1nc(C2CC2)cc(=O)[nH]1. The standard InChI is InChI=1S/C18H22N2O/c1-3-18(4-2,14-8-6-5-7-9-14)17-19-15(13-10-11-13)12-16(21)20-17/h5-9,12-13H,3-4,10-11H2,1-2H3,(H,19,20,21). The minimum absolute atomic E-state index is 0.0240. The summed E-state index contributed by atoms with van der Waals surface area (Å²) in [6, 6.07) is 12.1. The van der Waals surface area contributed by atoms with Crippen LogP contribution in [0.5, 0.6) is 0 Å². The lowest BCUT2D eigenvalue weighted by Gasteiger charge is -2.31. The highest BCUT2D eigenvalue weighted by atomic mass is 16.1. The van der Waals surface area contributed by atoms with E-state index in [0.717, 1.165) is 37.2 Å². The molecular weight excluding hydrogens is 260 g/mol. The lowest BCUT2D eigenvalue weighted by molar-refractivity contribution is 0.445. The Kier molecular flexibility index (Phi) is 3.66. The van der Waals surface area contributed by atoms with Gasteiger partial charge in [0.25, 0.3) is 5.56 Å². The molecule has 110 valence electrons. The second kappa shape index (κ2) is 5.47. The van der Waals surface area contributed by atoms with Crippen molar-refractivity contribution in [3.63, 3.8) is 0 Å². The monoisotopic (exact) mass is 282 g/mol. The molecule has 0 atom stereocenters. The van der Waals surface area contributed by atoms with Crippen molar-refractivity contribution in [2.24, 2.45) is 0 Å². The van der Waals surface area contributed by atoms with Crippen LogP contribution >= 0.6 is 0 Å². The third-order valence-corrected chi connectivity index (χ3v) is 4.74. The van der Waals surface area contributed by atoms with E-state index >= 15 is 0 Å². The van der Waals surface area contributed by atoms with Gasteiger partial charge in [-0.15, -0.1) is 0 Å². The normalized spacial score (nSPS) is 15.1. The molecule has 0 amide bonds. The minimum atomic E-state index is -0.203. The van der Waals surface area contributed by atoms with Crippen LogP contribution in [0.3, 0.4) is 0 Å². The number of hydrogen-bond acceptors (Lipinski definition) is 2. The second-order valence-corrected chi connectivity index (χ2v) is 5.95. The van der Waals surface area contributed by atoms with Crippen LogP contribution in [0.2, 0.25) is 0 Å². The van der Waals surface area contributed by atoms with E-state index in [1.165, 1.54) is 5.56 Å². The Morgan fingerprint density at radius 2 is 1.86 bits per heavy atom. The summed E-state index contributed by atoms with van der Waals surface area (Å²) < 4.78 is 0. The predicted octanol–water partition coefficient (Wildman–Crippen LogP) is 3.75. The molecule has 1 saturated carbocycles. The molecule has 0 bridgehead atoms. The van der Waals surface area contributed by atoms with Gasteiger partial charge in [0.15, 0.2) is 0 Å². The number of nitrogens with one attached hydrogen (secondary N) is 1. The molecule has 3 heteroatoms. The van der Waals surface area contributed by atoms with Gasteiger partial charge in [-0.25, -0.2) is 4.98 Å². The molecule has 1 aliphatic carbocycles. The maximum absolute atomic E-state index is 12.1. The van der Waals surface area contributed by atoms with Gasteiger partial charge in [-0.1, -0.05) is 44.2 Å². The van der Waals surface area contributed by atoms with Crippen molar-refractivity contribution >= 4 is 0 Å². The Bertz CT molecular complexity index is 667. The van der Waals surface area contributed by atoms with Crippen LogP contribution in [0.4, 0.5) is 0 Å². The summed E-state index contributed by atoms with van der Waals surface area (Å²) in [6.07, 6.45) is 4.16. The summed E-state index contributed by atoms with van der Waals surface area (Å²) in [4.78, 5) is 19.9. The van der Waals surface area contributed by atoms with E-state index in [9.17, 15) is 4.79 Å². The number of aromatic nitrogens is 2. The van der Waals surface area contributed by atoms with E-state index in [0.29, 0.717) is 5.92 Å². The summed E-state index contributed by atoms with van der Waals surface area (Å²) in [5.41, 5.74) is 1.97. The average Bonchev–Trinajstić information content (AvgIpc) is 3.34. The van der Waals surface area contributed by atoms with Crippen LogP contribution in [0.15, 0.2) is 41.2 Å². The first kappa shape index (κ1) is 14.1. The van der Waals surface area contributed by atoms with E-state index in [-0.39, 0.29) is 11.0 Å². The fraction of sp³-hybridized carbons (Fsp3) is 0.444. The Hall–Kier alpha value is -1.90. The first-order valence-corrected chi connectivity index (χ1v) is 7.87. The quantitative estimate of drug-likeness (QED) is 0.907. The lowest BCUT2D eigenvalue weighted by Crippen LogP contribution is -2.31. The summed E-state index contributed by atoms with van der Waals surface area (Å²) in [7, 11) is 0. The molecule has 2 aromatic rings. The maximum atomic E-state index is 12.1. The zero-order valence-electron chi connectivity index (χ0n) is 12.7. The fourth-order valence-corrected chi connectivity index (χ4v) is 3.18. The van der Waals surface area contributed by atoms with Gasteiger partial charge in [-0.05, 0) is 31.2 Å². The number of rotatable bonds is 5. The number of benzene rings is 1. The third-order valence-electron chi connectivity index (χ3n) is 4.74. The highest BCUT2D eigenvalue weighted by Crippen LogP contribution is 2.41. The molecule has 0 aliphatic heterocycles. The van der Waals surface area contributed by atoms with Gasteiger partial charge in [0.2, 0.25) is 0 Å². The molecule has 0 spiro atoms. The Balaban J connectivity index is 2.15. The summed E-state index contributed by atoms with van der Waals surface area (Å²) in [5, 5.41) is 0. The summed E-state index contributed by atoms with van der Waals surface area (Å²) in [6.45, 7) is 4.33. The topological polar surface area (TPSA) is 45.8 Å². The molecule has 1 fully saturated rings. The van der Waals surface area contributed by atoms with Gasteiger partial charge in [0.05, 0.1) is 11.1 Å². The van der Waals surface area contributed by atoms with Crippen LogP contribution in [-0.4, -0.2) is 9.97 Å². The summed E-state index contributed by atoms with van der Waals surface area (Å²) in [5.74, 6) is 1.32. The van der Waals surface area contributed by atoms with Crippen LogP contribution in [0, 0.1) is 0 Å². The van der Waals surface area contributed by atoms with Crippen molar-refractivity contribution in [1.82, 2.24) is 9.97 Å². The van der Waals surface area contributed by atoms with Crippen molar-refractivity contribution in [3.8, 4) is 0 Å². The van der Waals surface area contributed by atoms with Crippen LogP contribution in [-0.2, 0) is 5.41 Å². The Labute approximate surface area is 125 Å². The first-order valence-electron chi connectivity index (χ1n) is 7.87. The molecule has 0 radical (unpaired) electrons. The number of aromatic amines is 1. The Morgan fingerprint density at radius 3 is 2.43 bits per heavy atom. The molecule has 1 aromatic heterocycles. The molecule has 1 N–H and O–H groups in total. The third kappa shape index (κ3) is 2.53. The van der Waals surface area contributed by atoms with E-state index in [1.807, 2.05) is 6.07 Å². The van der Waals surface area contributed by atoms with Gasteiger partial charge in [-0.2, -0.15) is 0 Å². The first-order chi connectivity index (χ1) is 10.2. The van der Waals surface area contributed by atoms with Crippen LogP contribution in [0.25, 0.3) is 0 Å². The summed E-state index contributed by atoms with van der Waals surface area (Å²) >= 11 is 0. The van der Waals surface area contributed by atoms with Gasteiger partial charge in [0, 0.05) is 12.0 Å². The molecule has 3 rings (SSSR count). The minimum Gasteiger partial charge on any atom is -0.310 e. The van der Waals surface area contributed by atoms with Gasteiger partial charge in [-0.3, -0.25) is 4.79 Å². The van der Waals surface area contributed by atoms with Crippen LogP contribution in [0.1, 0.15) is 62.5 Å². The zero-order valence-corrected chi connectivity index (χ0v) is 12.7. The van der Waals surface area contributed by atoms with E-state index in [4.69, 9.17) is 4.98 Å². The molecule has 1 aromatic carbocycles. The van der Waals surface area contributed by atoms with Crippen LogP contribution < -0.4 is 5.56 Å². The number of H-pyrrole nitrogens is 1. The van der Waals surface area contributed by atoms with Gasteiger partial charge >= 0.3 is 0 Å². The zero-order chi connectivity index (χ0) is 14.9. The highest BCUT2D eigenvalue weighted by molar-refractivity contribution is 5.33. The van der Waals surface area contributed by atoms with Gasteiger partial charge in [0.1, 0.15) is 5.82 Å². The molecule has 21 heavy (non-hydrogen) atoms. The van der Waals surface area contributed by atoms with Gasteiger partial charge < -0.3 is 4.98 Å². The van der Waals surface area contributed by atoms with Crippen molar-refractivity contribution in [1.29, 1.82) is 0 Å². The smallest absolute Gasteiger partial charge is 0.251 e.